The summed E-state index contributed by atoms with van der Waals surface area (Å²) >= 11 is 0. The molecule has 1 fully saturated rings. The second-order valence-corrected chi connectivity index (χ2v) is 5.25. The Hall–Kier alpha value is -2.18. The zero-order valence-electron chi connectivity index (χ0n) is 11.3. The average molecular weight is 298 g/mol. The summed E-state index contributed by atoms with van der Waals surface area (Å²) in [6.45, 7) is -0.168. The van der Waals surface area contributed by atoms with Crippen LogP contribution < -0.4 is 10.6 Å². The summed E-state index contributed by atoms with van der Waals surface area (Å²) in [6.07, 6.45) is 1.91. The van der Waals surface area contributed by atoms with Gasteiger partial charge in [0.25, 0.3) is 0 Å². The first-order valence-corrected chi connectivity index (χ1v) is 6.62. The number of benzene rings is 1. The van der Waals surface area contributed by atoms with Crippen molar-refractivity contribution in [3.05, 3.63) is 35.4 Å². The molecule has 0 unspecified atom stereocenters. The lowest BCUT2D eigenvalue weighted by atomic mass is 9.74. The number of halogens is 2. The van der Waals surface area contributed by atoms with E-state index in [-0.39, 0.29) is 18.5 Å². The molecule has 1 aliphatic rings. The highest BCUT2D eigenvalue weighted by Crippen LogP contribution is 2.34. The molecule has 3 N–H and O–H groups in total. The number of carbonyl (C=O) groups is 2. The summed E-state index contributed by atoms with van der Waals surface area (Å²) in [6, 6.07) is 2.41. The highest BCUT2D eigenvalue weighted by Gasteiger charge is 2.40. The minimum Gasteiger partial charge on any atom is -0.481 e. The standard InChI is InChI=1S/C14H16F2N2O3/c15-10-2-3-11(16)9(6-10)8-17-13(21)18-14(4-1-5-14)7-12(19)20/h2-3,6H,1,4-5,7-8H2,(H,19,20)(H2,17,18,21). The Morgan fingerprint density at radius 2 is 2.00 bits per heavy atom. The van der Waals surface area contributed by atoms with E-state index in [9.17, 15) is 18.4 Å². The second-order valence-electron chi connectivity index (χ2n) is 5.25. The molecule has 0 bridgehead atoms. The van der Waals surface area contributed by atoms with Gasteiger partial charge in [-0.1, -0.05) is 0 Å². The quantitative estimate of drug-likeness (QED) is 0.779. The van der Waals surface area contributed by atoms with Gasteiger partial charge in [0.15, 0.2) is 0 Å². The molecule has 0 aliphatic heterocycles. The second kappa shape index (κ2) is 6.07. The van der Waals surface area contributed by atoms with E-state index >= 15 is 0 Å². The van der Waals surface area contributed by atoms with Gasteiger partial charge >= 0.3 is 12.0 Å². The van der Waals surface area contributed by atoms with Crippen molar-refractivity contribution >= 4 is 12.0 Å². The number of hydrogen-bond acceptors (Lipinski definition) is 2. The smallest absolute Gasteiger partial charge is 0.315 e. The van der Waals surface area contributed by atoms with Gasteiger partial charge in [0, 0.05) is 12.1 Å². The molecule has 0 atom stereocenters. The van der Waals surface area contributed by atoms with E-state index in [1.165, 1.54) is 0 Å². The molecule has 0 saturated heterocycles. The van der Waals surface area contributed by atoms with Gasteiger partial charge in [0.1, 0.15) is 11.6 Å². The summed E-state index contributed by atoms with van der Waals surface area (Å²) < 4.78 is 26.4. The number of hydrogen-bond donors (Lipinski definition) is 3. The number of aliphatic carboxylic acids is 1. The van der Waals surface area contributed by atoms with Crippen LogP contribution in [0.2, 0.25) is 0 Å². The Kier molecular flexibility index (Phi) is 4.40. The largest absolute Gasteiger partial charge is 0.481 e. The van der Waals surface area contributed by atoms with Crippen molar-refractivity contribution in [3.8, 4) is 0 Å². The van der Waals surface area contributed by atoms with Crippen molar-refractivity contribution in [2.24, 2.45) is 0 Å². The van der Waals surface area contributed by atoms with Crippen LogP contribution in [-0.4, -0.2) is 22.6 Å². The SMILES string of the molecule is O=C(O)CC1(NC(=O)NCc2cc(F)ccc2F)CCC1. The Bertz CT molecular complexity index is 559. The van der Waals surface area contributed by atoms with Crippen molar-refractivity contribution in [2.75, 3.05) is 0 Å². The predicted molar refractivity (Wildman–Crippen MR) is 70.6 cm³/mol. The summed E-state index contributed by atoms with van der Waals surface area (Å²) in [5.74, 6) is -2.18. The zero-order valence-corrected chi connectivity index (χ0v) is 11.3. The Labute approximate surface area is 120 Å². The van der Waals surface area contributed by atoms with Crippen molar-refractivity contribution in [2.45, 2.75) is 37.8 Å². The van der Waals surface area contributed by atoms with Crippen molar-refractivity contribution in [3.63, 3.8) is 0 Å². The summed E-state index contributed by atoms with van der Waals surface area (Å²) in [5, 5.41) is 13.9. The highest BCUT2D eigenvalue weighted by atomic mass is 19.1. The molecule has 1 aliphatic carbocycles. The lowest BCUT2D eigenvalue weighted by Gasteiger charge is -2.41. The zero-order chi connectivity index (χ0) is 15.5. The van der Waals surface area contributed by atoms with Crippen LogP contribution in [0.15, 0.2) is 18.2 Å². The van der Waals surface area contributed by atoms with Crippen molar-refractivity contribution in [1.82, 2.24) is 10.6 Å². The summed E-state index contributed by atoms with van der Waals surface area (Å²) in [4.78, 5) is 22.6. The van der Waals surface area contributed by atoms with Crippen LogP contribution >= 0.6 is 0 Å². The maximum Gasteiger partial charge on any atom is 0.315 e. The molecule has 0 spiro atoms. The van der Waals surface area contributed by atoms with Gasteiger partial charge in [-0.2, -0.15) is 0 Å². The van der Waals surface area contributed by atoms with E-state index in [0.29, 0.717) is 12.8 Å². The van der Waals surface area contributed by atoms with E-state index in [2.05, 4.69) is 10.6 Å². The van der Waals surface area contributed by atoms with Crippen molar-refractivity contribution < 1.29 is 23.5 Å². The Morgan fingerprint density at radius 1 is 1.29 bits per heavy atom. The van der Waals surface area contributed by atoms with E-state index in [4.69, 9.17) is 5.11 Å². The molecule has 2 rings (SSSR count). The lowest BCUT2D eigenvalue weighted by molar-refractivity contribution is -0.139. The first-order valence-electron chi connectivity index (χ1n) is 6.62. The first-order chi connectivity index (χ1) is 9.90. The first kappa shape index (κ1) is 15.2. The van der Waals surface area contributed by atoms with E-state index in [0.717, 1.165) is 24.6 Å². The molecule has 0 heterocycles. The van der Waals surface area contributed by atoms with Gasteiger partial charge in [-0.05, 0) is 37.5 Å². The Morgan fingerprint density at radius 3 is 2.57 bits per heavy atom. The molecule has 7 heteroatoms. The number of carbonyl (C=O) groups excluding carboxylic acids is 1. The molecule has 21 heavy (non-hydrogen) atoms. The molecule has 2 amide bonds. The molecular formula is C14H16F2N2O3. The van der Waals surface area contributed by atoms with Gasteiger partial charge in [0.05, 0.1) is 12.0 Å². The number of rotatable bonds is 5. The van der Waals surface area contributed by atoms with E-state index < -0.39 is 29.2 Å². The minimum absolute atomic E-state index is 0.0334. The van der Waals surface area contributed by atoms with Gasteiger partial charge in [-0.3, -0.25) is 4.79 Å². The van der Waals surface area contributed by atoms with Crippen LogP contribution in [0.3, 0.4) is 0 Å². The molecule has 1 aromatic carbocycles. The fraction of sp³-hybridized carbons (Fsp3) is 0.429. The summed E-state index contributed by atoms with van der Waals surface area (Å²) in [7, 11) is 0. The molecule has 1 aromatic rings. The predicted octanol–water partition coefficient (Wildman–Crippen LogP) is 2.16. The number of urea groups is 1. The molecular weight excluding hydrogens is 282 g/mol. The Balaban J connectivity index is 1.90. The monoisotopic (exact) mass is 298 g/mol. The molecule has 0 aromatic heterocycles. The van der Waals surface area contributed by atoms with Gasteiger partial charge < -0.3 is 15.7 Å². The molecule has 5 nitrogen and oxygen atoms in total. The van der Waals surface area contributed by atoms with Gasteiger partial charge in [-0.25, -0.2) is 13.6 Å². The van der Waals surface area contributed by atoms with Crippen LogP contribution in [0.5, 0.6) is 0 Å². The van der Waals surface area contributed by atoms with Crippen molar-refractivity contribution in [1.29, 1.82) is 0 Å². The molecule has 114 valence electrons. The average Bonchev–Trinajstić information content (AvgIpc) is 2.36. The minimum atomic E-state index is -0.980. The maximum atomic E-state index is 13.4. The van der Waals surface area contributed by atoms with Crippen LogP contribution in [-0.2, 0) is 11.3 Å². The van der Waals surface area contributed by atoms with Crippen LogP contribution in [0.1, 0.15) is 31.2 Å². The molecule has 1 saturated carbocycles. The maximum absolute atomic E-state index is 13.4. The number of nitrogens with one attached hydrogen (secondary N) is 2. The molecule has 0 radical (unpaired) electrons. The van der Waals surface area contributed by atoms with E-state index in [1.54, 1.807) is 0 Å². The fourth-order valence-electron chi connectivity index (χ4n) is 2.38. The fourth-order valence-corrected chi connectivity index (χ4v) is 2.38. The van der Waals surface area contributed by atoms with Gasteiger partial charge in [-0.15, -0.1) is 0 Å². The number of amides is 2. The van der Waals surface area contributed by atoms with Crippen LogP contribution in [0.25, 0.3) is 0 Å². The van der Waals surface area contributed by atoms with Crippen LogP contribution in [0, 0.1) is 11.6 Å². The normalized spacial score (nSPS) is 15.9. The topological polar surface area (TPSA) is 78.4 Å². The van der Waals surface area contributed by atoms with E-state index in [1.807, 2.05) is 0 Å². The summed E-state index contributed by atoms with van der Waals surface area (Å²) in [5.41, 5.74) is -0.692. The van der Waals surface area contributed by atoms with Gasteiger partial charge in [0.2, 0.25) is 0 Å². The van der Waals surface area contributed by atoms with Crippen LogP contribution in [0.4, 0.5) is 13.6 Å². The lowest BCUT2D eigenvalue weighted by Crippen LogP contribution is -2.57. The highest BCUT2D eigenvalue weighted by molar-refractivity contribution is 5.77. The number of carboxylic acids is 1. The third-order valence-electron chi connectivity index (χ3n) is 3.63. The third kappa shape index (κ3) is 3.90. The third-order valence-corrected chi connectivity index (χ3v) is 3.63. The number of carboxylic acid groups (broad SMARTS) is 1.